The molecule has 0 aliphatic heterocycles. The van der Waals surface area contributed by atoms with Gasteiger partial charge in [0.1, 0.15) is 5.75 Å². The van der Waals surface area contributed by atoms with E-state index in [9.17, 15) is 9.59 Å². The number of thiazole rings is 1. The number of anilines is 2. The van der Waals surface area contributed by atoms with Gasteiger partial charge in [-0.2, -0.15) is 0 Å². The molecular weight excluding hydrogens is 444 g/mol. The molecule has 2 aromatic heterocycles. The van der Waals surface area contributed by atoms with E-state index in [0.717, 1.165) is 16.6 Å². The molecule has 0 aliphatic rings. The van der Waals surface area contributed by atoms with Gasteiger partial charge in [-0.25, -0.2) is 9.97 Å². The summed E-state index contributed by atoms with van der Waals surface area (Å²) in [4.78, 5) is 33.5. The minimum atomic E-state index is -0.239. The number of nitrogens with one attached hydrogen (secondary N) is 2. The third kappa shape index (κ3) is 5.06. The van der Waals surface area contributed by atoms with E-state index in [1.165, 1.54) is 30.0 Å². The van der Waals surface area contributed by atoms with Crippen molar-refractivity contribution in [1.82, 2.24) is 9.97 Å². The zero-order valence-electron chi connectivity index (χ0n) is 17.4. The highest BCUT2D eigenvalue weighted by molar-refractivity contribution is 7.98. The molecule has 0 radical (unpaired) electrons. The van der Waals surface area contributed by atoms with Gasteiger partial charge in [0.2, 0.25) is 5.91 Å². The highest BCUT2D eigenvalue weighted by Crippen LogP contribution is 2.29. The maximum Gasteiger partial charge on any atom is 0.256 e. The number of rotatable bonds is 7. The Morgan fingerprint density at radius 2 is 1.84 bits per heavy atom. The van der Waals surface area contributed by atoms with Gasteiger partial charge in [0.25, 0.3) is 5.91 Å². The van der Waals surface area contributed by atoms with Gasteiger partial charge in [-0.3, -0.25) is 9.59 Å². The van der Waals surface area contributed by atoms with Gasteiger partial charge >= 0.3 is 0 Å². The van der Waals surface area contributed by atoms with Crippen LogP contribution >= 0.6 is 23.1 Å². The van der Waals surface area contributed by atoms with Crippen LogP contribution < -0.4 is 15.4 Å². The molecule has 0 spiro atoms. The summed E-state index contributed by atoms with van der Waals surface area (Å²) in [5.41, 5.74) is 2.70. The van der Waals surface area contributed by atoms with Gasteiger partial charge in [-0.05, 0) is 24.3 Å². The number of amides is 2. The Hall–Kier alpha value is -3.43. The molecule has 2 amide bonds. The van der Waals surface area contributed by atoms with Crippen LogP contribution in [-0.2, 0) is 10.5 Å². The maximum atomic E-state index is 13.2. The van der Waals surface area contributed by atoms with Crippen LogP contribution in [0.5, 0.6) is 5.75 Å². The molecule has 2 heterocycles. The van der Waals surface area contributed by atoms with Crippen molar-refractivity contribution in [3.63, 3.8) is 0 Å². The topological polar surface area (TPSA) is 93.2 Å². The van der Waals surface area contributed by atoms with Crippen LogP contribution in [0.3, 0.4) is 0 Å². The summed E-state index contributed by atoms with van der Waals surface area (Å²) in [6.07, 6.45) is 0. The number of pyridine rings is 1. The summed E-state index contributed by atoms with van der Waals surface area (Å²) in [5, 5.41) is 9.57. The lowest BCUT2D eigenvalue weighted by Crippen LogP contribution is -2.13. The second kappa shape index (κ2) is 9.80. The van der Waals surface area contributed by atoms with E-state index in [-0.39, 0.29) is 11.8 Å². The number of fused-ring (bicyclic) bond motifs is 1. The van der Waals surface area contributed by atoms with Crippen molar-refractivity contribution in [3.8, 4) is 5.75 Å². The normalized spacial score (nSPS) is 10.7. The number of thioether (sulfide) groups is 1. The number of nitrogens with zero attached hydrogens (tertiary/aromatic N) is 2. The van der Waals surface area contributed by atoms with E-state index < -0.39 is 0 Å². The number of carbonyl (C=O) groups excluding carboxylic acids is 2. The minimum Gasteiger partial charge on any atom is -0.495 e. The van der Waals surface area contributed by atoms with Crippen LogP contribution in [-0.4, -0.2) is 28.9 Å². The first kappa shape index (κ1) is 21.8. The SMILES string of the molecule is COc1ccccc1NC(=O)c1cc(SCc2csc(NC(C)=O)n2)nc2ccccc12. The van der Waals surface area contributed by atoms with Crippen molar-refractivity contribution in [3.05, 3.63) is 71.2 Å². The molecule has 0 saturated heterocycles. The van der Waals surface area contributed by atoms with Crippen LogP contribution in [0.2, 0.25) is 0 Å². The smallest absolute Gasteiger partial charge is 0.256 e. The van der Waals surface area contributed by atoms with Crippen LogP contribution in [0, 0.1) is 0 Å². The fourth-order valence-electron chi connectivity index (χ4n) is 3.08. The van der Waals surface area contributed by atoms with Crippen LogP contribution in [0.15, 0.2) is 65.0 Å². The van der Waals surface area contributed by atoms with E-state index in [0.29, 0.717) is 32.9 Å². The van der Waals surface area contributed by atoms with Gasteiger partial charge in [-0.1, -0.05) is 42.1 Å². The zero-order chi connectivity index (χ0) is 22.5. The maximum absolute atomic E-state index is 13.2. The number of methoxy groups -OCH3 is 1. The Bertz CT molecular complexity index is 1290. The Kier molecular flexibility index (Phi) is 6.67. The molecule has 4 aromatic rings. The molecule has 32 heavy (non-hydrogen) atoms. The number of aromatic nitrogens is 2. The average Bonchev–Trinajstić information content (AvgIpc) is 3.24. The van der Waals surface area contributed by atoms with Gasteiger partial charge in [0.15, 0.2) is 5.13 Å². The van der Waals surface area contributed by atoms with Crippen molar-refractivity contribution in [1.29, 1.82) is 0 Å². The highest BCUT2D eigenvalue weighted by Gasteiger charge is 2.15. The number of benzene rings is 2. The summed E-state index contributed by atoms with van der Waals surface area (Å²) in [7, 11) is 1.57. The third-order valence-corrected chi connectivity index (χ3v) is 6.25. The molecule has 0 bridgehead atoms. The largest absolute Gasteiger partial charge is 0.495 e. The minimum absolute atomic E-state index is 0.152. The molecule has 4 rings (SSSR count). The molecule has 7 nitrogen and oxygen atoms in total. The first-order valence-corrected chi connectivity index (χ1v) is 11.6. The summed E-state index contributed by atoms with van der Waals surface area (Å²) in [5.74, 6) is 0.763. The first-order chi connectivity index (χ1) is 15.5. The van der Waals surface area contributed by atoms with Crippen LogP contribution in [0.4, 0.5) is 10.8 Å². The number of para-hydroxylation sites is 3. The molecule has 2 N–H and O–H groups in total. The molecule has 9 heteroatoms. The average molecular weight is 465 g/mol. The predicted molar refractivity (Wildman–Crippen MR) is 129 cm³/mol. The number of hydrogen-bond donors (Lipinski definition) is 2. The summed E-state index contributed by atoms with van der Waals surface area (Å²) in [6, 6.07) is 16.6. The highest BCUT2D eigenvalue weighted by atomic mass is 32.2. The fraction of sp³-hybridized carbons (Fsp3) is 0.130. The Morgan fingerprint density at radius 3 is 2.66 bits per heavy atom. The van der Waals surface area contributed by atoms with Crippen molar-refractivity contribution in [2.75, 3.05) is 17.7 Å². The molecule has 162 valence electrons. The van der Waals surface area contributed by atoms with Crippen molar-refractivity contribution < 1.29 is 14.3 Å². The van der Waals surface area contributed by atoms with Gasteiger partial charge in [0, 0.05) is 23.4 Å². The Labute approximate surface area is 193 Å². The van der Waals surface area contributed by atoms with E-state index in [1.54, 1.807) is 25.3 Å². The molecule has 0 saturated carbocycles. The second-order valence-corrected chi connectivity index (χ2v) is 8.65. The first-order valence-electron chi connectivity index (χ1n) is 9.72. The van der Waals surface area contributed by atoms with Gasteiger partial charge < -0.3 is 15.4 Å². The monoisotopic (exact) mass is 464 g/mol. The molecule has 2 aromatic carbocycles. The van der Waals surface area contributed by atoms with Crippen LogP contribution in [0.1, 0.15) is 23.0 Å². The molecule has 0 aliphatic carbocycles. The molecule has 0 fully saturated rings. The summed E-state index contributed by atoms with van der Waals surface area (Å²) < 4.78 is 5.34. The zero-order valence-corrected chi connectivity index (χ0v) is 19.0. The second-order valence-electron chi connectivity index (χ2n) is 6.79. The van der Waals surface area contributed by atoms with Crippen molar-refractivity contribution >= 4 is 56.6 Å². The molecular formula is C23H20N4O3S2. The molecule has 0 atom stereocenters. The van der Waals surface area contributed by atoms with E-state index in [1.807, 2.05) is 41.8 Å². The van der Waals surface area contributed by atoms with Gasteiger partial charge in [0.05, 0.1) is 34.6 Å². The van der Waals surface area contributed by atoms with Crippen LogP contribution in [0.25, 0.3) is 10.9 Å². The molecule has 0 unspecified atom stereocenters. The Balaban J connectivity index is 1.59. The lowest BCUT2D eigenvalue weighted by molar-refractivity contribution is -0.114. The quantitative estimate of drug-likeness (QED) is 0.365. The Morgan fingerprint density at radius 1 is 1.06 bits per heavy atom. The lowest BCUT2D eigenvalue weighted by atomic mass is 10.1. The predicted octanol–water partition coefficient (Wildman–Crippen LogP) is 5.20. The number of ether oxygens (including phenoxy) is 1. The third-order valence-electron chi connectivity index (χ3n) is 4.50. The van der Waals surface area contributed by atoms with E-state index in [2.05, 4.69) is 15.6 Å². The van der Waals surface area contributed by atoms with Crippen molar-refractivity contribution in [2.45, 2.75) is 17.7 Å². The number of hydrogen-bond acceptors (Lipinski definition) is 7. The number of carbonyl (C=O) groups is 2. The fourth-order valence-corrected chi connectivity index (χ4v) is 4.75. The lowest BCUT2D eigenvalue weighted by Gasteiger charge is -2.12. The van der Waals surface area contributed by atoms with Gasteiger partial charge in [-0.15, -0.1) is 11.3 Å². The summed E-state index contributed by atoms with van der Waals surface area (Å²) >= 11 is 2.86. The van der Waals surface area contributed by atoms with E-state index >= 15 is 0 Å². The van der Waals surface area contributed by atoms with Crippen molar-refractivity contribution in [2.24, 2.45) is 0 Å². The standard InChI is InChI=1S/C23H20N4O3S2/c1-14(28)24-23-25-15(13-32-23)12-31-21-11-17(16-7-3-4-8-18(16)26-21)22(29)27-19-9-5-6-10-20(19)30-2/h3-11,13H,12H2,1-2H3,(H,27,29)(H,24,25,28). The summed E-state index contributed by atoms with van der Waals surface area (Å²) in [6.45, 7) is 1.45. The van der Waals surface area contributed by atoms with E-state index in [4.69, 9.17) is 9.72 Å².